The summed E-state index contributed by atoms with van der Waals surface area (Å²) in [5.74, 6) is 0. The van der Waals surface area contributed by atoms with Crippen LogP contribution < -0.4 is 21.3 Å². The highest BCUT2D eigenvalue weighted by Crippen LogP contribution is 2.57. The Morgan fingerprint density at radius 1 is 0.378 bits per heavy atom. The van der Waals surface area contributed by atoms with Crippen molar-refractivity contribution < 1.29 is 0 Å². The fourth-order valence-corrected chi connectivity index (χ4v) is 8.81. The van der Waals surface area contributed by atoms with Gasteiger partial charge in [-0.1, -0.05) is 156 Å². The largest absolute Gasteiger partial charge is 0.310 e. The first-order chi connectivity index (χ1) is 22.4. The number of rotatable bonds is 3. The van der Waals surface area contributed by atoms with Crippen molar-refractivity contribution in [2.45, 2.75) is 5.41 Å². The normalized spacial score (nSPS) is 13.9. The molecule has 0 bridgehead atoms. The molecule has 2 heteroatoms. The van der Waals surface area contributed by atoms with Crippen LogP contribution in [0.15, 0.2) is 170 Å². The number of nitrogens with zero attached hydrogens (tertiary/aromatic N) is 1. The third-order valence-electron chi connectivity index (χ3n) is 10.4. The Labute approximate surface area is 264 Å². The maximum atomic E-state index is 2.43. The highest BCUT2D eigenvalue weighted by molar-refractivity contribution is 7.00. The molecular weight excluding hydrogens is 541 g/mol. The first-order valence-electron chi connectivity index (χ1n) is 15.8. The Morgan fingerprint density at radius 3 is 1.53 bits per heavy atom. The minimum atomic E-state index is -0.369. The molecule has 1 nitrogen and oxygen atoms in total. The molecular formula is C43H28BN. The molecule has 2 aliphatic heterocycles. The first-order valence-corrected chi connectivity index (χ1v) is 15.8. The van der Waals surface area contributed by atoms with Crippen LogP contribution >= 0.6 is 0 Å². The zero-order chi connectivity index (χ0) is 29.5. The van der Waals surface area contributed by atoms with Crippen LogP contribution in [0, 0.1) is 0 Å². The van der Waals surface area contributed by atoms with Crippen molar-refractivity contribution in [2.24, 2.45) is 0 Å². The second-order valence-electron chi connectivity index (χ2n) is 12.4. The second kappa shape index (κ2) is 9.20. The molecule has 3 aliphatic rings. The van der Waals surface area contributed by atoms with Crippen molar-refractivity contribution in [3.63, 3.8) is 0 Å². The smallest absolute Gasteiger partial charge is 0.243 e. The van der Waals surface area contributed by atoms with Crippen molar-refractivity contribution in [1.29, 1.82) is 0 Å². The molecule has 0 unspecified atom stereocenters. The zero-order valence-corrected chi connectivity index (χ0v) is 24.7. The molecule has 0 fully saturated rings. The van der Waals surface area contributed by atoms with Crippen LogP contribution in [0.1, 0.15) is 22.3 Å². The average molecular weight is 570 g/mol. The minimum absolute atomic E-state index is 0.168. The van der Waals surface area contributed by atoms with E-state index < -0.39 is 0 Å². The molecule has 7 aromatic rings. The van der Waals surface area contributed by atoms with Gasteiger partial charge < -0.3 is 4.90 Å². The standard InChI is InChI=1S/C43H28BN/c1-3-15-29(16-4-1)45(30-17-5-2-6-18-30)40-28-14-27-39-41(40)33-21-13-25-37-42(33)44(39)38-26-12-11-24-36(38)43(37)34-22-9-7-19-31(34)32-20-8-10-23-35(32)43/h1-28H. The Kier molecular flexibility index (Phi) is 5.07. The van der Waals surface area contributed by atoms with Gasteiger partial charge in [-0.3, -0.25) is 0 Å². The summed E-state index contributed by atoms with van der Waals surface area (Å²) >= 11 is 0. The average Bonchev–Trinajstić information content (AvgIpc) is 3.61. The van der Waals surface area contributed by atoms with Crippen molar-refractivity contribution in [3.8, 4) is 22.3 Å². The van der Waals surface area contributed by atoms with E-state index in [-0.39, 0.29) is 12.1 Å². The van der Waals surface area contributed by atoms with E-state index in [1.54, 1.807) is 0 Å². The fourth-order valence-electron chi connectivity index (χ4n) is 8.81. The minimum Gasteiger partial charge on any atom is -0.310 e. The molecule has 208 valence electrons. The van der Waals surface area contributed by atoms with Gasteiger partial charge in [0.2, 0.25) is 6.71 Å². The Hall–Kier alpha value is -5.60. The van der Waals surface area contributed by atoms with E-state index in [1.807, 2.05) is 0 Å². The first kappa shape index (κ1) is 24.8. The van der Waals surface area contributed by atoms with E-state index in [0.717, 1.165) is 11.4 Å². The van der Waals surface area contributed by atoms with Crippen molar-refractivity contribution in [1.82, 2.24) is 0 Å². The predicted octanol–water partition coefficient (Wildman–Crippen LogP) is 8.33. The Bertz CT molecular complexity index is 2200. The predicted molar refractivity (Wildman–Crippen MR) is 189 cm³/mol. The third kappa shape index (κ3) is 3.14. The highest BCUT2D eigenvalue weighted by atomic mass is 15.1. The molecule has 1 aliphatic carbocycles. The topological polar surface area (TPSA) is 3.24 Å². The van der Waals surface area contributed by atoms with Crippen LogP contribution in [0.2, 0.25) is 0 Å². The van der Waals surface area contributed by atoms with Gasteiger partial charge in [0, 0.05) is 16.9 Å². The van der Waals surface area contributed by atoms with E-state index in [1.165, 1.54) is 66.6 Å². The number of hydrogen-bond donors (Lipinski definition) is 0. The maximum absolute atomic E-state index is 2.43. The molecule has 10 rings (SSSR count). The third-order valence-corrected chi connectivity index (χ3v) is 10.4. The van der Waals surface area contributed by atoms with E-state index >= 15 is 0 Å². The summed E-state index contributed by atoms with van der Waals surface area (Å²) in [5, 5.41) is 0. The number of para-hydroxylation sites is 2. The van der Waals surface area contributed by atoms with Gasteiger partial charge in [0.05, 0.1) is 11.1 Å². The lowest BCUT2D eigenvalue weighted by molar-refractivity contribution is 0.775. The van der Waals surface area contributed by atoms with Gasteiger partial charge in [0.15, 0.2) is 0 Å². The van der Waals surface area contributed by atoms with Crippen LogP contribution in [0.5, 0.6) is 0 Å². The Balaban J connectivity index is 1.32. The lowest BCUT2D eigenvalue weighted by Gasteiger charge is -2.42. The molecule has 0 N–H and O–H groups in total. The van der Waals surface area contributed by atoms with Crippen LogP contribution in [0.3, 0.4) is 0 Å². The van der Waals surface area contributed by atoms with Crippen LogP contribution in [0.4, 0.5) is 17.1 Å². The summed E-state index contributed by atoms with van der Waals surface area (Å²) in [6, 6.07) is 63.0. The molecule has 0 aromatic heterocycles. The van der Waals surface area contributed by atoms with Gasteiger partial charge >= 0.3 is 0 Å². The number of fused-ring (bicyclic) bond motifs is 12. The lowest BCUT2D eigenvalue weighted by atomic mass is 9.32. The maximum Gasteiger partial charge on any atom is 0.243 e. The summed E-state index contributed by atoms with van der Waals surface area (Å²) in [6.07, 6.45) is 0. The second-order valence-corrected chi connectivity index (χ2v) is 12.4. The van der Waals surface area contributed by atoms with E-state index in [4.69, 9.17) is 0 Å². The van der Waals surface area contributed by atoms with Crippen molar-refractivity contribution in [3.05, 3.63) is 192 Å². The number of hydrogen-bond acceptors (Lipinski definition) is 1. The van der Waals surface area contributed by atoms with Crippen LogP contribution in [-0.2, 0) is 5.41 Å². The van der Waals surface area contributed by atoms with Gasteiger partial charge in [-0.25, -0.2) is 0 Å². The summed E-state index contributed by atoms with van der Waals surface area (Å²) in [4.78, 5) is 2.43. The van der Waals surface area contributed by atoms with Crippen molar-refractivity contribution in [2.75, 3.05) is 4.90 Å². The summed E-state index contributed by atoms with van der Waals surface area (Å²) in [6.45, 7) is 0.168. The van der Waals surface area contributed by atoms with E-state index in [9.17, 15) is 0 Å². The van der Waals surface area contributed by atoms with Crippen LogP contribution in [0.25, 0.3) is 22.3 Å². The number of benzene rings is 7. The molecule has 0 atom stereocenters. The van der Waals surface area contributed by atoms with Gasteiger partial charge in [0.25, 0.3) is 0 Å². The summed E-state index contributed by atoms with van der Waals surface area (Å²) in [7, 11) is 0. The molecule has 2 heterocycles. The molecule has 7 aromatic carbocycles. The van der Waals surface area contributed by atoms with Crippen LogP contribution in [-0.4, -0.2) is 6.71 Å². The van der Waals surface area contributed by atoms with Gasteiger partial charge in [-0.15, -0.1) is 0 Å². The van der Waals surface area contributed by atoms with Crippen molar-refractivity contribution >= 4 is 40.2 Å². The quantitative estimate of drug-likeness (QED) is 0.194. The SMILES string of the molecule is c1ccc(N(c2ccccc2)c2cccc3c2-c2cccc4c2B3c2ccccc2C42c3ccccc3-c3ccccc32)cc1. The molecule has 0 amide bonds. The lowest BCUT2D eigenvalue weighted by Crippen LogP contribution is -2.59. The molecule has 0 radical (unpaired) electrons. The van der Waals surface area contributed by atoms with E-state index in [2.05, 4.69) is 175 Å². The molecule has 0 saturated carbocycles. The highest BCUT2D eigenvalue weighted by Gasteiger charge is 2.54. The summed E-state index contributed by atoms with van der Waals surface area (Å²) in [5.41, 5.74) is 18.3. The van der Waals surface area contributed by atoms with Gasteiger partial charge in [-0.2, -0.15) is 0 Å². The van der Waals surface area contributed by atoms with E-state index in [0.29, 0.717) is 0 Å². The molecule has 45 heavy (non-hydrogen) atoms. The zero-order valence-electron chi connectivity index (χ0n) is 24.7. The summed E-state index contributed by atoms with van der Waals surface area (Å²) < 4.78 is 0. The van der Waals surface area contributed by atoms with Gasteiger partial charge in [0.1, 0.15) is 0 Å². The molecule has 0 saturated heterocycles. The molecule has 1 spiro atoms. The monoisotopic (exact) mass is 569 g/mol. The fraction of sp³-hybridized carbons (Fsp3) is 0.0233. The Morgan fingerprint density at radius 2 is 0.867 bits per heavy atom. The van der Waals surface area contributed by atoms with Gasteiger partial charge in [-0.05, 0) is 69.3 Å². The number of anilines is 3.